The van der Waals surface area contributed by atoms with Crippen LogP contribution in [-0.2, 0) is 0 Å². The van der Waals surface area contributed by atoms with Crippen molar-refractivity contribution in [2.24, 2.45) is 0 Å². The van der Waals surface area contributed by atoms with Crippen molar-refractivity contribution in [3.8, 4) is 11.3 Å². The largest absolute Gasteiger partial charge is 0.451 e. The molecule has 0 aliphatic heterocycles. The third kappa shape index (κ3) is 5.28. The van der Waals surface area contributed by atoms with Crippen molar-refractivity contribution >= 4 is 46.4 Å². The Morgan fingerprint density at radius 2 is 1.39 bits per heavy atom. The molecule has 33 heavy (non-hydrogen) atoms. The van der Waals surface area contributed by atoms with Gasteiger partial charge in [-0.3, -0.25) is 9.59 Å². The lowest BCUT2D eigenvalue weighted by atomic mass is 10.1. The average molecular weight is 479 g/mol. The Kier molecular flexibility index (Phi) is 6.54. The Hall–Kier alpha value is -3.54. The third-order valence-corrected chi connectivity index (χ3v) is 5.75. The van der Waals surface area contributed by atoms with Crippen molar-refractivity contribution in [3.05, 3.63) is 105 Å². The minimum Gasteiger partial charge on any atom is -0.451 e. The Balaban J connectivity index is 1.40. The summed E-state index contributed by atoms with van der Waals surface area (Å²) in [6.45, 7) is 4.08. The lowest BCUT2D eigenvalue weighted by Gasteiger charge is -2.08. The molecule has 0 saturated heterocycles. The number of nitrogens with one attached hydrogen (secondary N) is 2. The molecule has 0 aliphatic carbocycles. The minimum atomic E-state index is -0.366. The molecule has 0 fully saturated rings. The summed E-state index contributed by atoms with van der Waals surface area (Å²) >= 11 is 12.0. The maximum atomic E-state index is 12.6. The summed E-state index contributed by atoms with van der Waals surface area (Å²) in [5, 5.41) is 6.27. The van der Waals surface area contributed by atoms with Crippen molar-refractivity contribution in [3.63, 3.8) is 0 Å². The molecule has 2 N–H and O–H groups in total. The number of furan rings is 1. The second-order valence-electron chi connectivity index (χ2n) is 7.57. The minimum absolute atomic E-state index is 0.206. The number of benzene rings is 3. The number of aryl methyl sites for hydroxylation is 2. The van der Waals surface area contributed by atoms with Gasteiger partial charge in [0.1, 0.15) is 5.76 Å². The molecule has 0 aliphatic rings. The molecule has 0 atom stereocenters. The maximum Gasteiger partial charge on any atom is 0.291 e. The van der Waals surface area contributed by atoms with E-state index < -0.39 is 0 Å². The summed E-state index contributed by atoms with van der Waals surface area (Å²) in [5.74, 6) is 0.109. The number of rotatable bonds is 5. The lowest BCUT2D eigenvalue weighted by Crippen LogP contribution is -2.13. The molecular weight excluding hydrogens is 459 g/mol. The molecule has 1 aromatic heterocycles. The first kappa shape index (κ1) is 22.6. The van der Waals surface area contributed by atoms with Gasteiger partial charge >= 0.3 is 0 Å². The van der Waals surface area contributed by atoms with Gasteiger partial charge < -0.3 is 15.1 Å². The van der Waals surface area contributed by atoms with Crippen LogP contribution in [0.4, 0.5) is 11.4 Å². The predicted octanol–water partition coefficient (Wildman–Crippen LogP) is 7.37. The van der Waals surface area contributed by atoms with E-state index in [9.17, 15) is 9.59 Å². The molecule has 1 heterocycles. The van der Waals surface area contributed by atoms with Gasteiger partial charge in [-0.1, -0.05) is 35.3 Å². The first-order valence-corrected chi connectivity index (χ1v) is 10.9. The fourth-order valence-electron chi connectivity index (χ4n) is 3.21. The SMILES string of the molecule is Cc1ccc(-c2ccc(C(=O)Nc3ccc(NC(=O)c4ccc(Cl)cc4Cl)cc3)o2)cc1C. The third-order valence-electron chi connectivity index (χ3n) is 5.20. The van der Waals surface area contributed by atoms with Gasteiger partial charge in [0, 0.05) is 22.0 Å². The van der Waals surface area contributed by atoms with Crippen LogP contribution in [0.1, 0.15) is 32.0 Å². The predicted molar refractivity (Wildman–Crippen MR) is 132 cm³/mol. The van der Waals surface area contributed by atoms with E-state index in [-0.39, 0.29) is 22.6 Å². The summed E-state index contributed by atoms with van der Waals surface area (Å²) in [6, 6.07) is 20.8. The first-order chi connectivity index (χ1) is 15.8. The zero-order chi connectivity index (χ0) is 23.5. The quantitative estimate of drug-likeness (QED) is 0.314. The van der Waals surface area contributed by atoms with Gasteiger partial charge in [-0.2, -0.15) is 0 Å². The molecule has 0 bridgehead atoms. The highest BCUT2D eigenvalue weighted by molar-refractivity contribution is 6.37. The van der Waals surface area contributed by atoms with Crippen LogP contribution in [0.2, 0.25) is 10.0 Å². The molecule has 0 unspecified atom stereocenters. The highest BCUT2D eigenvalue weighted by Crippen LogP contribution is 2.26. The average Bonchev–Trinajstić information content (AvgIpc) is 3.27. The van der Waals surface area contributed by atoms with Gasteiger partial charge in [-0.05, 0) is 85.6 Å². The van der Waals surface area contributed by atoms with E-state index in [1.807, 2.05) is 32.0 Å². The second-order valence-corrected chi connectivity index (χ2v) is 8.42. The summed E-state index contributed by atoms with van der Waals surface area (Å²) in [4.78, 5) is 25.0. The molecule has 0 saturated carbocycles. The number of halogens is 2. The highest BCUT2D eigenvalue weighted by atomic mass is 35.5. The standard InChI is InChI=1S/C26H20Cl2N2O3/c1-15-3-4-17(13-16(15)2)23-11-12-24(33-23)26(32)30-20-8-6-19(7-9-20)29-25(31)21-10-5-18(27)14-22(21)28/h3-14H,1-2H3,(H,29,31)(H,30,32). The summed E-state index contributed by atoms with van der Waals surface area (Å²) in [6.07, 6.45) is 0. The molecule has 4 rings (SSSR count). The maximum absolute atomic E-state index is 12.6. The van der Waals surface area contributed by atoms with Crippen LogP contribution in [-0.4, -0.2) is 11.8 Å². The van der Waals surface area contributed by atoms with Crippen molar-refractivity contribution < 1.29 is 14.0 Å². The monoisotopic (exact) mass is 478 g/mol. The smallest absolute Gasteiger partial charge is 0.291 e. The van der Waals surface area contributed by atoms with Crippen LogP contribution in [0.15, 0.2) is 77.2 Å². The molecule has 3 aromatic carbocycles. The topological polar surface area (TPSA) is 71.3 Å². The van der Waals surface area contributed by atoms with Crippen LogP contribution in [0.3, 0.4) is 0 Å². The van der Waals surface area contributed by atoms with Crippen LogP contribution in [0.5, 0.6) is 0 Å². The zero-order valence-electron chi connectivity index (χ0n) is 17.9. The van der Waals surface area contributed by atoms with Crippen molar-refractivity contribution in [1.82, 2.24) is 0 Å². The van der Waals surface area contributed by atoms with Gasteiger partial charge in [0.05, 0.1) is 10.6 Å². The summed E-state index contributed by atoms with van der Waals surface area (Å²) in [5.41, 5.74) is 4.69. The molecule has 166 valence electrons. The van der Waals surface area contributed by atoms with E-state index in [4.69, 9.17) is 27.6 Å². The molecule has 5 nitrogen and oxygen atoms in total. The molecular formula is C26H20Cl2N2O3. The molecule has 4 aromatic rings. The fourth-order valence-corrected chi connectivity index (χ4v) is 3.71. The van der Waals surface area contributed by atoms with Crippen LogP contribution < -0.4 is 10.6 Å². The van der Waals surface area contributed by atoms with E-state index in [0.717, 1.165) is 11.1 Å². The zero-order valence-corrected chi connectivity index (χ0v) is 19.4. The van der Waals surface area contributed by atoms with Gasteiger partial charge in [0.15, 0.2) is 5.76 Å². The lowest BCUT2D eigenvalue weighted by molar-refractivity contribution is 0.0995. The molecule has 0 spiro atoms. The van der Waals surface area contributed by atoms with E-state index in [1.54, 1.807) is 48.5 Å². The Labute approximate surface area is 201 Å². The number of anilines is 2. The highest BCUT2D eigenvalue weighted by Gasteiger charge is 2.14. The summed E-state index contributed by atoms with van der Waals surface area (Å²) < 4.78 is 5.75. The van der Waals surface area contributed by atoms with Gasteiger partial charge in [-0.25, -0.2) is 0 Å². The van der Waals surface area contributed by atoms with Crippen LogP contribution in [0.25, 0.3) is 11.3 Å². The number of hydrogen-bond donors (Lipinski definition) is 2. The van der Waals surface area contributed by atoms with E-state index in [1.165, 1.54) is 11.6 Å². The first-order valence-electron chi connectivity index (χ1n) is 10.2. The van der Waals surface area contributed by atoms with E-state index >= 15 is 0 Å². The number of carbonyl (C=O) groups excluding carboxylic acids is 2. The fraction of sp³-hybridized carbons (Fsp3) is 0.0769. The summed E-state index contributed by atoms with van der Waals surface area (Å²) in [7, 11) is 0. The van der Waals surface area contributed by atoms with Gasteiger partial charge in [0.25, 0.3) is 11.8 Å². The van der Waals surface area contributed by atoms with Crippen molar-refractivity contribution in [1.29, 1.82) is 0 Å². The number of amides is 2. The van der Waals surface area contributed by atoms with Crippen LogP contribution in [0, 0.1) is 13.8 Å². The van der Waals surface area contributed by atoms with E-state index in [2.05, 4.69) is 10.6 Å². The molecule has 7 heteroatoms. The Morgan fingerprint density at radius 3 is 2.03 bits per heavy atom. The van der Waals surface area contributed by atoms with Crippen LogP contribution >= 0.6 is 23.2 Å². The van der Waals surface area contributed by atoms with Crippen molar-refractivity contribution in [2.75, 3.05) is 10.6 Å². The van der Waals surface area contributed by atoms with Crippen molar-refractivity contribution in [2.45, 2.75) is 13.8 Å². The number of carbonyl (C=O) groups is 2. The van der Waals surface area contributed by atoms with E-state index in [0.29, 0.717) is 27.7 Å². The van der Waals surface area contributed by atoms with Gasteiger partial charge in [0.2, 0.25) is 0 Å². The molecule has 0 radical (unpaired) electrons. The molecule has 2 amide bonds. The Bertz CT molecular complexity index is 1340. The normalized spacial score (nSPS) is 10.7. The van der Waals surface area contributed by atoms with Gasteiger partial charge in [-0.15, -0.1) is 0 Å². The number of hydrogen-bond acceptors (Lipinski definition) is 3. The Morgan fingerprint density at radius 1 is 0.727 bits per heavy atom. The second kappa shape index (κ2) is 9.53.